The van der Waals surface area contributed by atoms with Crippen LogP contribution in [0.1, 0.15) is 36.4 Å². The molecule has 0 spiro atoms. The van der Waals surface area contributed by atoms with Crippen LogP contribution in [0.2, 0.25) is 0 Å². The lowest BCUT2D eigenvalue weighted by molar-refractivity contribution is -0.122. The van der Waals surface area contributed by atoms with Gasteiger partial charge in [-0.3, -0.25) is 4.79 Å². The monoisotopic (exact) mass is 763 g/mol. The van der Waals surface area contributed by atoms with Crippen molar-refractivity contribution in [1.82, 2.24) is 25.3 Å². The first kappa shape index (κ1) is 43.0. The molecule has 302 valence electrons. The minimum Gasteiger partial charge on any atom is -0.424 e. The van der Waals surface area contributed by atoms with Gasteiger partial charge in [0, 0.05) is 43.4 Å². The maximum Gasteiger partial charge on any atom is 0.293 e. The fourth-order valence-electron chi connectivity index (χ4n) is 5.42. The van der Waals surface area contributed by atoms with Crippen molar-refractivity contribution < 1.29 is 47.1 Å². The van der Waals surface area contributed by atoms with Crippen molar-refractivity contribution in [3.8, 4) is 0 Å². The summed E-state index contributed by atoms with van der Waals surface area (Å²) in [5.74, 6) is 0.664. The molecule has 3 aromatic rings. The number of rotatable bonds is 32. The van der Waals surface area contributed by atoms with Crippen LogP contribution in [-0.4, -0.2) is 151 Å². The Balaban J connectivity index is 0.909. The number of hydrogen-bond donors (Lipinski definition) is 5. The van der Waals surface area contributed by atoms with E-state index in [1.54, 1.807) is 6.20 Å². The topological polar surface area (TPSA) is 248 Å². The summed E-state index contributed by atoms with van der Waals surface area (Å²) in [4.78, 5) is 25.1. The molecule has 19 heteroatoms. The molecule has 8 N–H and O–H groups in total. The molecule has 1 aliphatic heterocycles. The highest BCUT2D eigenvalue weighted by Crippen LogP contribution is 2.42. The first-order chi connectivity index (χ1) is 26.6. The molecule has 54 heavy (non-hydrogen) atoms. The predicted molar refractivity (Wildman–Crippen MR) is 200 cm³/mol. The van der Waals surface area contributed by atoms with Crippen LogP contribution in [0.15, 0.2) is 29.1 Å². The third-order valence-electron chi connectivity index (χ3n) is 8.03. The Kier molecular flexibility index (Phi) is 20.8. The Morgan fingerprint density at radius 3 is 1.89 bits per heavy atom. The van der Waals surface area contributed by atoms with Gasteiger partial charge in [-0.2, -0.15) is 4.98 Å². The number of ether oxygens (including phenoxy) is 8. The third kappa shape index (κ3) is 15.5. The van der Waals surface area contributed by atoms with Gasteiger partial charge in [-0.25, -0.2) is 15.0 Å². The van der Waals surface area contributed by atoms with Crippen molar-refractivity contribution in [2.24, 2.45) is 5.73 Å². The van der Waals surface area contributed by atoms with Gasteiger partial charge in [-0.1, -0.05) is 6.07 Å². The van der Waals surface area contributed by atoms with Gasteiger partial charge < -0.3 is 70.3 Å². The van der Waals surface area contributed by atoms with Crippen LogP contribution >= 0.6 is 0 Å². The molecule has 1 unspecified atom stereocenters. The molecule has 0 bridgehead atoms. The number of carbonyl (C=O) groups excluding carboxylic acids is 1. The molecule has 2 aromatic heterocycles. The van der Waals surface area contributed by atoms with Crippen molar-refractivity contribution >= 4 is 34.5 Å². The van der Waals surface area contributed by atoms with Crippen LogP contribution in [0.25, 0.3) is 11.1 Å². The van der Waals surface area contributed by atoms with Gasteiger partial charge in [0.15, 0.2) is 5.58 Å². The molecular formula is C35H57N9O10. The number of anilines is 3. The fourth-order valence-corrected chi connectivity index (χ4v) is 5.42. The summed E-state index contributed by atoms with van der Waals surface area (Å²) in [5, 5.41) is 5.03. The van der Waals surface area contributed by atoms with Gasteiger partial charge in [0.25, 0.3) is 6.01 Å². The standard InChI is InChI=1S/C35H57N9O10/c36-6-10-47-12-14-49-16-18-51-20-22-53-24-23-52-21-19-50-17-15-48-13-11-46-9-5-30(45)40-7-1-2-8-44-33(28-25-39-26-41-34(28)43-44)27-3-4-29-32(31(27)37)42-35(38)54-29/h3-4,25-26,33H,1-2,5-24,36-37H2,(H2,38,42)(H,40,45)(H,39,41,43). The first-order valence-corrected chi connectivity index (χ1v) is 18.4. The average Bonchev–Trinajstić information content (AvgIpc) is 3.74. The van der Waals surface area contributed by atoms with E-state index in [2.05, 4.69) is 30.7 Å². The van der Waals surface area contributed by atoms with Gasteiger partial charge >= 0.3 is 0 Å². The Labute approximate surface area is 315 Å². The maximum atomic E-state index is 12.3. The minimum atomic E-state index is -0.226. The zero-order chi connectivity index (χ0) is 38.1. The SMILES string of the molecule is NCCOCCOCCOCCOCCOCCOCCOCCOCCC(=O)NCCCCN1Nc2ncncc2C1c1ccc2oc(N)nc2c1N. The number of hydrogen-bond acceptors (Lipinski definition) is 18. The number of hydrazine groups is 1. The molecule has 0 saturated carbocycles. The molecule has 0 saturated heterocycles. The number of benzene rings is 1. The normalized spacial score (nSPS) is 14.1. The van der Waals surface area contributed by atoms with E-state index >= 15 is 0 Å². The summed E-state index contributed by atoms with van der Waals surface area (Å²) in [6.07, 6.45) is 5.16. The van der Waals surface area contributed by atoms with Crippen molar-refractivity contribution in [3.63, 3.8) is 0 Å². The summed E-state index contributed by atoms with van der Waals surface area (Å²) in [7, 11) is 0. The highest BCUT2D eigenvalue weighted by atomic mass is 16.6. The molecule has 19 nitrogen and oxygen atoms in total. The van der Waals surface area contributed by atoms with E-state index in [4.69, 9.17) is 59.5 Å². The largest absolute Gasteiger partial charge is 0.424 e. The Bertz CT molecular complexity index is 1470. The third-order valence-corrected chi connectivity index (χ3v) is 8.03. The number of aromatic nitrogens is 3. The number of nitrogens with two attached hydrogens (primary N) is 3. The van der Waals surface area contributed by atoms with Gasteiger partial charge in [-0.15, -0.1) is 0 Å². The molecule has 0 aliphatic carbocycles. The Morgan fingerprint density at radius 2 is 1.31 bits per heavy atom. The number of amides is 1. The van der Waals surface area contributed by atoms with E-state index < -0.39 is 0 Å². The summed E-state index contributed by atoms with van der Waals surface area (Å²) < 4.78 is 48.9. The van der Waals surface area contributed by atoms with E-state index in [9.17, 15) is 4.79 Å². The zero-order valence-corrected chi connectivity index (χ0v) is 31.0. The second-order valence-electron chi connectivity index (χ2n) is 12.0. The van der Waals surface area contributed by atoms with Crippen LogP contribution in [0.3, 0.4) is 0 Å². The summed E-state index contributed by atoms with van der Waals surface area (Å²) in [6, 6.07) is 3.56. The number of unbranched alkanes of at least 4 members (excludes halogenated alkanes) is 1. The van der Waals surface area contributed by atoms with Crippen molar-refractivity contribution in [1.29, 1.82) is 0 Å². The molecule has 1 atom stereocenters. The van der Waals surface area contributed by atoms with Crippen LogP contribution in [0.4, 0.5) is 17.5 Å². The summed E-state index contributed by atoms with van der Waals surface area (Å²) >= 11 is 0. The molecule has 1 aliphatic rings. The molecule has 4 rings (SSSR count). The highest BCUT2D eigenvalue weighted by molar-refractivity contribution is 5.89. The van der Waals surface area contributed by atoms with Gasteiger partial charge in [0.05, 0.1) is 117 Å². The Morgan fingerprint density at radius 1 is 0.759 bits per heavy atom. The lowest BCUT2D eigenvalue weighted by atomic mass is 9.98. The maximum absolute atomic E-state index is 12.3. The van der Waals surface area contributed by atoms with E-state index in [1.165, 1.54) is 6.33 Å². The average molecular weight is 764 g/mol. The molecular weight excluding hydrogens is 706 g/mol. The smallest absolute Gasteiger partial charge is 0.293 e. The predicted octanol–water partition coefficient (Wildman–Crippen LogP) is 0.892. The lowest BCUT2D eigenvalue weighted by Crippen LogP contribution is -2.31. The van der Waals surface area contributed by atoms with Gasteiger partial charge in [0.1, 0.15) is 17.7 Å². The van der Waals surface area contributed by atoms with Crippen LogP contribution < -0.4 is 27.9 Å². The van der Waals surface area contributed by atoms with Gasteiger partial charge in [-0.05, 0) is 18.9 Å². The molecule has 1 aromatic carbocycles. The fraction of sp³-hybridized carbons (Fsp3) is 0.657. The highest BCUT2D eigenvalue weighted by Gasteiger charge is 2.34. The number of carbonyl (C=O) groups is 1. The van der Waals surface area contributed by atoms with Crippen LogP contribution in [-0.2, 0) is 42.7 Å². The first-order valence-electron chi connectivity index (χ1n) is 18.4. The molecule has 0 fully saturated rings. The van der Waals surface area contributed by atoms with Crippen LogP contribution in [0, 0.1) is 0 Å². The van der Waals surface area contributed by atoms with Crippen molar-refractivity contribution in [2.45, 2.75) is 25.3 Å². The zero-order valence-electron chi connectivity index (χ0n) is 31.0. The quantitative estimate of drug-likeness (QED) is 0.0438. The van der Waals surface area contributed by atoms with Crippen molar-refractivity contribution in [2.75, 3.05) is 142 Å². The molecule has 1 amide bonds. The minimum absolute atomic E-state index is 0.0571. The number of nitrogen functional groups attached to an aromatic ring is 2. The number of oxazole rings is 1. The van der Waals surface area contributed by atoms with E-state index in [0.717, 1.165) is 29.8 Å². The van der Waals surface area contributed by atoms with Crippen molar-refractivity contribution in [3.05, 3.63) is 35.8 Å². The lowest BCUT2D eigenvalue weighted by Gasteiger charge is -2.25. The number of nitrogens with zero attached hydrogens (tertiary/aromatic N) is 4. The van der Waals surface area contributed by atoms with Crippen LogP contribution in [0.5, 0.6) is 0 Å². The van der Waals surface area contributed by atoms with Gasteiger partial charge in [0.2, 0.25) is 5.91 Å². The number of fused-ring (bicyclic) bond motifs is 2. The Hall–Kier alpha value is -3.76. The second-order valence-corrected chi connectivity index (χ2v) is 12.0. The second kappa shape index (κ2) is 26.1. The van der Waals surface area contributed by atoms with E-state index in [0.29, 0.717) is 142 Å². The number of nitrogens with one attached hydrogen (secondary N) is 2. The summed E-state index contributed by atoms with van der Waals surface area (Å²) in [6.45, 7) is 9.39. The summed E-state index contributed by atoms with van der Waals surface area (Å²) in [5.41, 5.74) is 24.3. The molecule has 3 heterocycles. The van der Waals surface area contributed by atoms with E-state index in [1.807, 2.05) is 12.1 Å². The molecule has 0 radical (unpaired) electrons. The van der Waals surface area contributed by atoms with E-state index in [-0.39, 0.29) is 24.4 Å².